The Bertz CT molecular complexity index is 569. The molecule has 132 valence electrons. The van der Waals surface area contributed by atoms with Gasteiger partial charge in [-0.25, -0.2) is 4.79 Å². The van der Waals surface area contributed by atoms with Crippen LogP contribution in [0.15, 0.2) is 18.2 Å². The van der Waals surface area contributed by atoms with E-state index in [2.05, 4.69) is 16.0 Å². The van der Waals surface area contributed by atoms with Crippen LogP contribution in [0, 0.1) is 6.92 Å². The summed E-state index contributed by atoms with van der Waals surface area (Å²) in [4.78, 5) is 23.1. The van der Waals surface area contributed by atoms with Crippen LogP contribution in [-0.2, 0) is 9.53 Å². The lowest BCUT2D eigenvalue weighted by atomic mass is 10.2. The Morgan fingerprint density at radius 2 is 1.96 bits per heavy atom. The maximum Gasteiger partial charge on any atom is 0.319 e. The van der Waals surface area contributed by atoms with Crippen LogP contribution in [0.3, 0.4) is 0 Å². The number of benzene rings is 1. The number of ether oxygens (including phenoxy) is 1. The molecule has 3 N–H and O–H groups in total. The Labute approximate surface area is 143 Å². The maximum absolute atomic E-state index is 12.0. The van der Waals surface area contributed by atoms with Crippen LogP contribution >= 0.6 is 0 Å². The molecule has 0 aliphatic heterocycles. The second kappa shape index (κ2) is 9.27. The Morgan fingerprint density at radius 3 is 2.67 bits per heavy atom. The number of carbonyl (C=O) groups excluding carboxylic acids is 2. The lowest BCUT2D eigenvalue weighted by Crippen LogP contribution is -2.30. The fourth-order valence-electron chi connectivity index (χ4n) is 2.78. The number of rotatable bonds is 7. The van der Waals surface area contributed by atoms with Gasteiger partial charge in [0, 0.05) is 31.5 Å². The van der Waals surface area contributed by atoms with E-state index >= 15 is 0 Å². The summed E-state index contributed by atoms with van der Waals surface area (Å²) >= 11 is 0. The summed E-state index contributed by atoms with van der Waals surface area (Å²) in [6, 6.07) is 5.16. The number of anilines is 2. The van der Waals surface area contributed by atoms with Crippen molar-refractivity contribution in [1.82, 2.24) is 5.32 Å². The van der Waals surface area contributed by atoms with E-state index in [1.807, 2.05) is 13.0 Å². The van der Waals surface area contributed by atoms with Crippen molar-refractivity contribution >= 4 is 23.3 Å². The average Bonchev–Trinajstić information content (AvgIpc) is 3.03. The number of hydrogen-bond acceptors (Lipinski definition) is 3. The zero-order valence-electron chi connectivity index (χ0n) is 14.5. The van der Waals surface area contributed by atoms with Gasteiger partial charge < -0.3 is 20.7 Å². The van der Waals surface area contributed by atoms with Gasteiger partial charge >= 0.3 is 6.03 Å². The monoisotopic (exact) mass is 333 g/mol. The van der Waals surface area contributed by atoms with Crippen LogP contribution in [0.25, 0.3) is 0 Å². The molecular weight excluding hydrogens is 306 g/mol. The third-order valence-corrected chi connectivity index (χ3v) is 4.07. The molecule has 0 bridgehead atoms. The highest BCUT2D eigenvalue weighted by atomic mass is 16.5. The molecule has 1 aliphatic carbocycles. The molecule has 1 aromatic rings. The molecule has 1 aromatic carbocycles. The van der Waals surface area contributed by atoms with E-state index in [1.165, 1.54) is 19.8 Å². The molecule has 2 rings (SSSR count). The summed E-state index contributed by atoms with van der Waals surface area (Å²) in [6.07, 6.45) is 6.08. The fraction of sp³-hybridized carbons (Fsp3) is 0.556. The van der Waals surface area contributed by atoms with Crippen molar-refractivity contribution in [1.29, 1.82) is 0 Å². The average molecular weight is 333 g/mol. The molecule has 3 amide bonds. The predicted molar refractivity (Wildman–Crippen MR) is 95.3 cm³/mol. The minimum atomic E-state index is -0.251. The first-order valence-corrected chi connectivity index (χ1v) is 8.59. The zero-order chi connectivity index (χ0) is 17.4. The third-order valence-electron chi connectivity index (χ3n) is 4.07. The molecule has 0 atom stereocenters. The van der Waals surface area contributed by atoms with E-state index in [9.17, 15) is 9.59 Å². The van der Waals surface area contributed by atoms with Gasteiger partial charge in [0.2, 0.25) is 5.91 Å². The second-order valence-electron chi connectivity index (χ2n) is 6.22. The number of amides is 3. The molecule has 6 heteroatoms. The van der Waals surface area contributed by atoms with E-state index < -0.39 is 0 Å². The molecule has 0 spiro atoms. The molecule has 1 aliphatic rings. The number of nitrogens with one attached hydrogen (secondary N) is 3. The largest absolute Gasteiger partial charge is 0.378 e. The molecule has 1 saturated carbocycles. The van der Waals surface area contributed by atoms with Gasteiger partial charge in [-0.3, -0.25) is 4.79 Å². The van der Waals surface area contributed by atoms with Crippen molar-refractivity contribution in [2.24, 2.45) is 0 Å². The first-order valence-electron chi connectivity index (χ1n) is 8.59. The van der Waals surface area contributed by atoms with Gasteiger partial charge in [-0.05, 0) is 43.9 Å². The summed E-state index contributed by atoms with van der Waals surface area (Å²) < 4.78 is 5.76. The van der Waals surface area contributed by atoms with Crippen LogP contribution in [0.4, 0.5) is 16.2 Å². The molecule has 24 heavy (non-hydrogen) atoms. The van der Waals surface area contributed by atoms with Crippen molar-refractivity contribution in [2.75, 3.05) is 23.8 Å². The van der Waals surface area contributed by atoms with E-state index in [-0.39, 0.29) is 11.9 Å². The molecule has 0 heterocycles. The molecular formula is C18H27N3O3. The molecule has 0 unspecified atom stereocenters. The normalized spacial score (nSPS) is 14.4. The number of aryl methyl sites for hydroxylation is 1. The first-order chi connectivity index (χ1) is 11.5. The minimum absolute atomic E-state index is 0.142. The van der Waals surface area contributed by atoms with Crippen molar-refractivity contribution in [3.05, 3.63) is 23.8 Å². The van der Waals surface area contributed by atoms with Crippen molar-refractivity contribution in [3.63, 3.8) is 0 Å². The highest BCUT2D eigenvalue weighted by Crippen LogP contribution is 2.21. The summed E-state index contributed by atoms with van der Waals surface area (Å²) in [5.41, 5.74) is 2.28. The maximum atomic E-state index is 12.0. The van der Waals surface area contributed by atoms with Crippen molar-refractivity contribution < 1.29 is 14.3 Å². The Morgan fingerprint density at radius 1 is 1.21 bits per heavy atom. The highest BCUT2D eigenvalue weighted by molar-refractivity contribution is 5.93. The van der Waals surface area contributed by atoms with Gasteiger partial charge in [0.05, 0.1) is 6.10 Å². The first kappa shape index (κ1) is 18.3. The highest BCUT2D eigenvalue weighted by Gasteiger charge is 2.14. The lowest BCUT2D eigenvalue weighted by Gasteiger charge is -2.13. The molecule has 1 fully saturated rings. The SMILES string of the molecule is CC(=O)Nc1ccc(C)c(NC(=O)NCCCOC2CCCC2)c1. The molecule has 6 nitrogen and oxygen atoms in total. The smallest absolute Gasteiger partial charge is 0.319 e. The summed E-state index contributed by atoms with van der Waals surface area (Å²) in [5, 5.41) is 8.35. The van der Waals surface area contributed by atoms with Gasteiger partial charge in [-0.15, -0.1) is 0 Å². The summed E-state index contributed by atoms with van der Waals surface area (Å²) in [6.45, 7) is 4.61. The quantitative estimate of drug-likeness (QED) is 0.669. The van der Waals surface area contributed by atoms with Gasteiger partial charge in [-0.2, -0.15) is 0 Å². The minimum Gasteiger partial charge on any atom is -0.378 e. The Balaban J connectivity index is 1.70. The lowest BCUT2D eigenvalue weighted by molar-refractivity contribution is -0.114. The van der Waals surface area contributed by atoms with Crippen LogP contribution in [-0.4, -0.2) is 31.2 Å². The summed E-state index contributed by atoms with van der Waals surface area (Å²) in [7, 11) is 0. The van der Waals surface area contributed by atoms with Crippen molar-refractivity contribution in [3.8, 4) is 0 Å². The van der Waals surface area contributed by atoms with Crippen molar-refractivity contribution in [2.45, 2.75) is 52.1 Å². The van der Waals surface area contributed by atoms with E-state index in [4.69, 9.17) is 4.74 Å². The fourth-order valence-corrected chi connectivity index (χ4v) is 2.78. The number of carbonyl (C=O) groups is 2. The van der Waals surface area contributed by atoms with Crippen LogP contribution < -0.4 is 16.0 Å². The molecule has 0 saturated heterocycles. The second-order valence-corrected chi connectivity index (χ2v) is 6.22. The number of hydrogen-bond donors (Lipinski definition) is 3. The topological polar surface area (TPSA) is 79.5 Å². The molecule has 0 aromatic heterocycles. The molecule has 0 radical (unpaired) electrons. The van der Waals surface area contributed by atoms with Crippen LogP contribution in [0.5, 0.6) is 0 Å². The van der Waals surface area contributed by atoms with Crippen LogP contribution in [0.2, 0.25) is 0 Å². The Kier molecular flexibility index (Phi) is 7.06. The predicted octanol–water partition coefficient (Wildman–Crippen LogP) is 3.42. The van der Waals surface area contributed by atoms with Gasteiger partial charge in [0.25, 0.3) is 0 Å². The van der Waals surface area contributed by atoms with Crippen LogP contribution in [0.1, 0.15) is 44.6 Å². The third kappa shape index (κ3) is 6.20. The zero-order valence-corrected chi connectivity index (χ0v) is 14.5. The van der Waals surface area contributed by atoms with E-state index in [1.54, 1.807) is 12.1 Å². The van der Waals surface area contributed by atoms with Gasteiger partial charge in [-0.1, -0.05) is 18.9 Å². The van der Waals surface area contributed by atoms with Gasteiger partial charge in [0.15, 0.2) is 0 Å². The van der Waals surface area contributed by atoms with Gasteiger partial charge in [0.1, 0.15) is 0 Å². The van der Waals surface area contributed by atoms with E-state index in [0.717, 1.165) is 24.8 Å². The Hall–Kier alpha value is -2.08. The number of urea groups is 1. The standard InChI is InChI=1S/C18H27N3O3/c1-13-8-9-15(20-14(2)22)12-17(13)21-18(23)19-10-5-11-24-16-6-3-4-7-16/h8-9,12,16H,3-7,10-11H2,1-2H3,(H,20,22)(H2,19,21,23). The van der Waals surface area contributed by atoms with E-state index in [0.29, 0.717) is 30.6 Å². The summed E-state index contributed by atoms with van der Waals surface area (Å²) in [5.74, 6) is -0.142.